The van der Waals surface area contributed by atoms with E-state index in [1.807, 2.05) is 97.1 Å². The first-order valence-corrected chi connectivity index (χ1v) is 10.6. The second-order valence-electron chi connectivity index (χ2n) is 7.83. The topological polar surface area (TPSA) is 58.7 Å². The SMILES string of the molecule is NC1=NC(c2ccccc2)(c2ccccc2)C(=O)N1Cc1ccccc1-c1ccccc1. The molecule has 0 radical (unpaired) electrons. The van der Waals surface area contributed by atoms with Crippen molar-refractivity contribution in [2.75, 3.05) is 0 Å². The van der Waals surface area contributed by atoms with Crippen LogP contribution < -0.4 is 5.73 Å². The molecule has 1 aliphatic heterocycles. The third-order valence-electron chi connectivity index (χ3n) is 5.93. The quantitative estimate of drug-likeness (QED) is 0.499. The summed E-state index contributed by atoms with van der Waals surface area (Å²) in [5.74, 6) is 0.0841. The number of carbonyl (C=O) groups excluding carboxylic acids is 1. The molecule has 0 aromatic heterocycles. The highest BCUT2D eigenvalue weighted by Crippen LogP contribution is 2.40. The number of guanidine groups is 1. The number of carbonyl (C=O) groups is 1. The van der Waals surface area contributed by atoms with Gasteiger partial charge >= 0.3 is 0 Å². The minimum atomic E-state index is -1.19. The molecule has 0 fully saturated rings. The maximum absolute atomic E-state index is 14.0. The number of benzene rings is 4. The number of nitrogens with two attached hydrogens (primary N) is 1. The Bertz CT molecular complexity index is 1230. The Labute approximate surface area is 187 Å². The van der Waals surface area contributed by atoms with E-state index in [1.165, 1.54) is 0 Å². The molecule has 0 saturated carbocycles. The largest absolute Gasteiger partial charge is 0.369 e. The maximum atomic E-state index is 14.0. The Kier molecular flexibility index (Phi) is 5.04. The van der Waals surface area contributed by atoms with E-state index in [2.05, 4.69) is 18.2 Å². The standard InChI is InChI=1S/C28H23N3O/c29-27-30-28(23-15-6-2-7-16-23,24-17-8-3-9-18-24)26(32)31(27)20-22-14-10-11-19-25(22)21-12-4-1-5-13-21/h1-19H,20H2,(H2,29,30). The minimum absolute atomic E-state index is 0.143. The molecule has 0 atom stereocenters. The predicted octanol–water partition coefficient (Wildman–Crippen LogP) is 4.95. The predicted molar refractivity (Wildman–Crippen MR) is 128 cm³/mol. The molecule has 4 aromatic carbocycles. The van der Waals surface area contributed by atoms with Gasteiger partial charge in [-0.2, -0.15) is 0 Å². The van der Waals surface area contributed by atoms with Crippen molar-refractivity contribution in [2.24, 2.45) is 10.7 Å². The summed E-state index contributed by atoms with van der Waals surface area (Å²) in [4.78, 5) is 20.4. The van der Waals surface area contributed by atoms with Crippen LogP contribution in [0.5, 0.6) is 0 Å². The number of amides is 1. The van der Waals surface area contributed by atoms with E-state index in [4.69, 9.17) is 10.7 Å². The molecule has 0 unspecified atom stereocenters. The summed E-state index contributed by atoms with van der Waals surface area (Å²) in [6.45, 7) is 0.348. The zero-order valence-corrected chi connectivity index (χ0v) is 17.6. The summed E-state index contributed by atoms with van der Waals surface area (Å²) < 4.78 is 0. The molecule has 5 rings (SSSR count). The average molecular weight is 418 g/mol. The third kappa shape index (κ3) is 3.26. The molecular formula is C28H23N3O. The highest BCUT2D eigenvalue weighted by Gasteiger charge is 2.50. The second-order valence-corrected chi connectivity index (χ2v) is 7.83. The third-order valence-corrected chi connectivity index (χ3v) is 5.93. The summed E-state index contributed by atoms with van der Waals surface area (Å²) in [6, 6.07) is 37.5. The van der Waals surface area contributed by atoms with Crippen LogP contribution in [0, 0.1) is 0 Å². The molecule has 1 heterocycles. The van der Waals surface area contributed by atoms with E-state index < -0.39 is 5.54 Å². The fraction of sp³-hybridized carbons (Fsp3) is 0.0714. The number of nitrogens with zero attached hydrogens (tertiary/aromatic N) is 2. The molecule has 0 aliphatic carbocycles. The van der Waals surface area contributed by atoms with Gasteiger partial charge in [0.2, 0.25) is 0 Å². The van der Waals surface area contributed by atoms with Gasteiger partial charge in [-0.3, -0.25) is 9.69 Å². The van der Waals surface area contributed by atoms with E-state index in [0.717, 1.165) is 27.8 Å². The van der Waals surface area contributed by atoms with E-state index in [-0.39, 0.29) is 11.9 Å². The smallest absolute Gasteiger partial charge is 0.266 e. The van der Waals surface area contributed by atoms with E-state index in [9.17, 15) is 4.79 Å². The van der Waals surface area contributed by atoms with Gasteiger partial charge in [-0.15, -0.1) is 0 Å². The van der Waals surface area contributed by atoms with Crippen molar-refractivity contribution < 1.29 is 4.79 Å². The highest BCUT2D eigenvalue weighted by molar-refractivity contribution is 6.09. The summed E-state index contributed by atoms with van der Waals surface area (Å²) in [7, 11) is 0. The maximum Gasteiger partial charge on any atom is 0.266 e. The normalized spacial score (nSPS) is 14.9. The summed E-state index contributed by atoms with van der Waals surface area (Å²) in [6.07, 6.45) is 0. The van der Waals surface area contributed by atoms with Crippen LogP contribution in [0.2, 0.25) is 0 Å². The molecule has 2 N–H and O–H groups in total. The number of hydrogen-bond donors (Lipinski definition) is 1. The second kappa shape index (κ2) is 8.16. The van der Waals surface area contributed by atoms with Gasteiger partial charge in [0.25, 0.3) is 5.91 Å². The highest BCUT2D eigenvalue weighted by atomic mass is 16.2. The average Bonchev–Trinajstić information content (AvgIpc) is 3.12. The van der Waals surface area contributed by atoms with Gasteiger partial charge < -0.3 is 5.73 Å². The molecule has 0 saturated heterocycles. The van der Waals surface area contributed by atoms with Gasteiger partial charge in [0, 0.05) is 0 Å². The van der Waals surface area contributed by atoms with E-state index >= 15 is 0 Å². The van der Waals surface area contributed by atoms with Crippen molar-refractivity contribution in [3.63, 3.8) is 0 Å². The molecular weight excluding hydrogens is 394 g/mol. The van der Waals surface area contributed by atoms with Gasteiger partial charge in [0.05, 0.1) is 6.54 Å². The molecule has 0 spiro atoms. The van der Waals surface area contributed by atoms with Gasteiger partial charge in [-0.05, 0) is 27.8 Å². The van der Waals surface area contributed by atoms with Crippen LogP contribution in [0.15, 0.2) is 120 Å². The minimum Gasteiger partial charge on any atom is -0.369 e. The molecule has 4 aromatic rings. The van der Waals surface area contributed by atoms with Gasteiger partial charge in [-0.1, -0.05) is 115 Å². The van der Waals surface area contributed by atoms with Crippen LogP contribution in [-0.4, -0.2) is 16.8 Å². The first-order valence-electron chi connectivity index (χ1n) is 10.6. The Morgan fingerprint density at radius 1 is 0.688 bits per heavy atom. The van der Waals surface area contributed by atoms with Gasteiger partial charge in [-0.25, -0.2) is 4.99 Å². The molecule has 1 amide bonds. The number of aliphatic imine (C=N–C) groups is 1. The number of hydrogen-bond acceptors (Lipinski definition) is 3. The zero-order valence-electron chi connectivity index (χ0n) is 17.6. The van der Waals surface area contributed by atoms with Crippen molar-refractivity contribution in [3.05, 3.63) is 132 Å². The lowest BCUT2D eigenvalue weighted by Gasteiger charge is -2.27. The number of rotatable bonds is 5. The Balaban J connectivity index is 1.58. The molecule has 0 bridgehead atoms. The Morgan fingerprint density at radius 2 is 1.19 bits per heavy atom. The van der Waals surface area contributed by atoms with Crippen molar-refractivity contribution in [1.29, 1.82) is 0 Å². The van der Waals surface area contributed by atoms with Crippen molar-refractivity contribution in [1.82, 2.24) is 4.90 Å². The first kappa shape index (κ1) is 19.8. The lowest BCUT2D eigenvalue weighted by atomic mass is 9.83. The van der Waals surface area contributed by atoms with E-state index in [1.54, 1.807) is 4.90 Å². The lowest BCUT2D eigenvalue weighted by molar-refractivity contribution is -0.130. The Hall–Kier alpha value is -4.18. The van der Waals surface area contributed by atoms with Crippen LogP contribution in [0.4, 0.5) is 0 Å². The summed E-state index contributed by atoms with van der Waals surface area (Å²) >= 11 is 0. The van der Waals surface area contributed by atoms with Crippen LogP contribution in [0.3, 0.4) is 0 Å². The van der Waals surface area contributed by atoms with Crippen LogP contribution >= 0.6 is 0 Å². The molecule has 32 heavy (non-hydrogen) atoms. The fourth-order valence-corrected chi connectivity index (χ4v) is 4.36. The summed E-state index contributed by atoms with van der Waals surface area (Å²) in [5, 5.41) is 0. The summed E-state index contributed by atoms with van der Waals surface area (Å²) in [5.41, 5.74) is 10.0. The van der Waals surface area contributed by atoms with Gasteiger partial charge in [0.15, 0.2) is 11.5 Å². The van der Waals surface area contributed by atoms with Crippen molar-refractivity contribution in [3.8, 4) is 11.1 Å². The zero-order chi connectivity index (χ0) is 22.0. The first-order chi connectivity index (χ1) is 15.7. The fourth-order valence-electron chi connectivity index (χ4n) is 4.36. The Morgan fingerprint density at radius 3 is 1.78 bits per heavy atom. The van der Waals surface area contributed by atoms with Crippen LogP contribution in [-0.2, 0) is 16.9 Å². The van der Waals surface area contributed by atoms with Gasteiger partial charge in [0.1, 0.15) is 0 Å². The monoisotopic (exact) mass is 417 g/mol. The van der Waals surface area contributed by atoms with E-state index in [0.29, 0.717) is 6.54 Å². The van der Waals surface area contributed by atoms with Crippen LogP contribution in [0.25, 0.3) is 11.1 Å². The van der Waals surface area contributed by atoms with Crippen molar-refractivity contribution in [2.45, 2.75) is 12.1 Å². The van der Waals surface area contributed by atoms with Crippen molar-refractivity contribution >= 4 is 11.9 Å². The molecule has 4 nitrogen and oxygen atoms in total. The molecule has 4 heteroatoms. The lowest BCUT2D eigenvalue weighted by Crippen LogP contribution is -2.43. The molecule has 156 valence electrons. The molecule has 1 aliphatic rings. The van der Waals surface area contributed by atoms with Crippen LogP contribution in [0.1, 0.15) is 16.7 Å².